The van der Waals surface area contributed by atoms with Crippen molar-refractivity contribution in [2.24, 2.45) is 0 Å². The third-order valence-electron chi connectivity index (χ3n) is 5.88. The Morgan fingerprint density at radius 3 is 1.22 bits per heavy atom. The van der Waals surface area contributed by atoms with Gasteiger partial charge in [0.05, 0.1) is 0 Å². The number of hydrogen-bond donors (Lipinski definition) is 0. The zero-order valence-electron chi connectivity index (χ0n) is 16.3. The van der Waals surface area contributed by atoms with Crippen molar-refractivity contribution in [2.75, 3.05) is 24.6 Å². The van der Waals surface area contributed by atoms with E-state index in [0.29, 0.717) is 0 Å². The summed E-state index contributed by atoms with van der Waals surface area (Å²) in [6, 6.07) is 11.8. The predicted octanol–water partition coefficient (Wildman–Crippen LogP) is 7.07. The van der Waals surface area contributed by atoms with E-state index in [1.807, 2.05) is 0 Å². The Morgan fingerprint density at radius 2 is 0.913 bits per heavy atom. The van der Waals surface area contributed by atoms with Crippen molar-refractivity contribution in [1.82, 2.24) is 0 Å². The van der Waals surface area contributed by atoms with Crippen LogP contribution in [0.15, 0.2) is 30.3 Å². The van der Waals surface area contributed by atoms with Gasteiger partial charge in [-0.25, -0.2) is 0 Å². The van der Waals surface area contributed by atoms with E-state index in [1.165, 1.54) is 76.0 Å². The van der Waals surface area contributed by atoms with Crippen molar-refractivity contribution < 1.29 is 0 Å². The Morgan fingerprint density at radius 1 is 0.565 bits per heavy atom. The molecule has 1 aromatic rings. The van der Waals surface area contributed by atoms with E-state index in [0.717, 1.165) is 0 Å². The fraction of sp³-hybridized carbons (Fsp3) is 0.727. The van der Waals surface area contributed by atoms with Gasteiger partial charge in [-0.3, -0.25) is 0 Å². The van der Waals surface area contributed by atoms with E-state index in [-0.39, 0.29) is 0 Å². The van der Waals surface area contributed by atoms with E-state index in [1.54, 1.807) is 5.30 Å². The molecule has 1 aromatic carbocycles. The average Bonchev–Trinajstić information content (AvgIpc) is 2.62. The minimum atomic E-state index is -1.80. The minimum absolute atomic E-state index is 1.34. The normalized spacial score (nSPS) is 13.7. The first-order valence-electron chi connectivity index (χ1n) is 10.2. The fourth-order valence-electron chi connectivity index (χ4n) is 4.33. The number of unbranched alkanes of at least 4 members (excludes halogenated alkanes) is 4. The Bertz CT molecular complexity index is 366. The number of rotatable bonds is 13. The van der Waals surface area contributed by atoms with E-state index in [2.05, 4.69) is 58.0 Å². The summed E-state index contributed by atoms with van der Waals surface area (Å²) in [5.41, 5.74) is 0. The molecule has 0 aromatic heterocycles. The number of benzene rings is 1. The first-order chi connectivity index (χ1) is 11.2. The maximum absolute atomic E-state index is 2.49. The number of hydrogen-bond acceptors (Lipinski definition) is 0. The Balaban J connectivity index is 3.37. The van der Waals surface area contributed by atoms with Crippen molar-refractivity contribution >= 4 is 11.9 Å². The van der Waals surface area contributed by atoms with Crippen LogP contribution in [0.4, 0.5) is 0 Å². The topological polar surface area (TPSA) is 0 Å². The molecule has 23 heavy (non-hydrogen) atoms. The van der Waals surface area contributed by atoms with Crippen LogP contribution in [0.5, 0.6) is 0 Å². The van der Waals surface area contributed by atoms with Crippen LogP contribution in [0.1, 0.15) is 79.1 Å². The van der Waals surface area contributed by atoms with Crippen LogP contribution in [0, 0.1) is 0 Å². The SMILES string of the molecule is CCCCP(CCCC)(CCCC)(CCCC)c1ccccc1. The van der Waals surface area contributed by atoms with Crippen molar-refractivity contribution in [2.45, 2.75) is 79.1 Å². The maximum atomic E-state index is 2.49. The van der Waals surface area contributed by atoms with Crippen molar-refractivity contribution in [3.05, 3.63) is 30.3 Å². The summed E-state index contributed by atoms with van der Waals surface area (Å²) < 4.78 is 0. The molecule has 0 saturated heterocycles. The zero-order chi connectivity index (χ0) is 17.0. The molecule has 0 aliphatic carbocycles. The molecule has 0 aliphatic rings. The molecule has 0 nitrogen and oxygen atoms in total. The molecule has 0 unspecified atom stereocenters. The molecular formula is C22H41P. The predicted molar refractivity (Wildman–Crippen MR) is 112 cm³/mol. The molecule has 0 bridgehead atoms. The zero-order valence-corrected chi connectivity index (χ0v) is 17.2. The summed E-state index contributed by atoms with van der Waals surface area (Å²) in [5, 5.41) is 1.77. The standard InChI is InChI=1S/C22H41P/c1-5-9-18-23(19-10-6-2,20-11-7-3,21-12-8-4)22-16-14-13-15-17-22/h13-17H,5-12,18-21H2,1-4H3. The molecule has 0 fully saturated rings. The van der Waals surface area contributed by atoms with Crippen LogP contribution in [0.2, 0.25) is 0 Å². The second kappa shape index (κ2) is 10.5. The van der Waals surface area contributed by atoms with Crippen molar-refractivity contribution in [3.8, 4) is 0 Å². The van der Waals surface area contributed by atoms with Gasteiger partial charge in [-0.05, 0) is 0 Å². The van der Waals surface area contributed by atoms with Gasteiger partial charge in [0.1, 0.15) is 0 Å². The first kappa shape index (κ1) is 20.7. The molecule has 0 spiro atoms. The van der Waals surface area contributed by atoms with Gasteiger partial charge in [0.2, 0.25) is 0 Å². The molecule has 0 aliphatic heterocycles. The van der Waals surface area contributed by atoms with Crippen molar-refractivity contribution in [1.29, 1.82) is 0 Å². The van der Waals surface area contributed by atoms with E-state index < -0.39 is 6.60 Å². The van der Waals surface area contributed by atoms with Gasteiger partial charge in [0, 0.05) is 0 Å². The second-order valence-corrected chi connectivity index (χ2v) is 13.9. The van der Waals surface area contributed by atoms with Gasteiger partial charge < -0.3 is 0 Å². The second-order valence-electron chi connectivity index (χ2n) is 7.62. The monoisotopic (exact) mass is 336 g/mol. The molecule has 0 atom stereocenters. The Hall–Kier alpha value is -0.350. The quantitative estimate of drug-likeness (QED) is 0.338. The molecule has 0 N–H and O–H groups in total. The van der Waals surface area contributed by atoms with Crippen LogP contribution >= 0.6 is 6.60 Å². The third-order valence-corrected chi connectivity index (χ3v) is 13.6. The first-order valence-corrected chi connectivity index (χ1v) is 13.2. The summed E-state index contributed by atoms with van der Waals surface area (Å²) in [5.74, 6) is 0. The van der Waals surface area contributed by atoms with E-state index >= 15 is 0 Å². The molecule has 134 valence electrons. The summed E-state index contributed by atoms with van der Waals surface area (Å²) in [4.78, 5) is 0. The molecule has 0 heterocycles. The molecule has 1 heteroatoms. The van der Waals surface area contributed by atoms with E-state index in [4.69, 9.17) is 0 Å². The van der Waals surface area contributed by atoms with Crippen molar-refractivity contribution in [3.63, 3.8) is 0 Å². The average molecular weight is 337 g/mol. The summed E-state index contributed by atoms with van der Waals surface area (Å²) in [6.45, 7) is 7.68. The van der Waals surface area contributed by atoms with E-state index in [9.17, 15) is 0 Å². The summed E-state index contributed by atoms with van der Waals surface area (Å²) in [6.07, 6.45) is 17.1. The third kappa shape index (κ3) is 5.32. The molecule has 1 rings (SSSR count). The van der Waals surface area contributed by atoms with Gasteiger partial charge in [-0.15, -0.1) is 0 Å². The van der Waals surface area contributed by atoms with Gasteiger partial charge in [-0.2, -0.15) is 0 Å². The van der Waals surface area contributed by atoms with Crippen LogP contribution < -0.4 is 5.30 Å². The van der Waals surface area contributed by atoms with Gasteiger partial charge in [0.15, 0.2) is 0 Å². The molecule has 0 radical (unpaired) electrons. The Labute approximate surface area is 146 Å². The van der Waals surface area contributed by atoms with Gasteiger partial charge >= 0.3 is 146 Å². The molecule has 0 saturated carbocycles. The fourth-order valence-corrected chi connectivity index (χ4v) is 12.3. The van der Waals surface area contributed by atoms with Gasteiger partial charge in [0.25, 0.3) is 0 Å². The van der Waals surface area contributed by atoms with Crippen LogP contribution in [-0.4, -0.2) is 24.6 Å². The van der Waals surface area contributed by atoms with Crippen LogP contribution in [-0.2, 0) is 0 Å². The van der Waals surface area contributed by atoms with Crippen LogP contribution in [0.25, 0.3) is 0 Å². The van der Waals surface area contributed by atoms with Gasteiger partial charge in [-0.1, -0.05) is 0 Å². The Kier molecular flexibility index (Phi) is 9.45. The molecular weight excluding hydrogens is 295 g/mol. The molecule has 0 amide bonds. The summed E-state index contributed by atoms with van der Waals surface area (Å²) in [7, 11) is 0. The summed E-state index contributed by atoms with van der Waals surface area (Å²) >= 11 is 0. The van der Waals surface area contributed by atoms with Crippen LogP contribution in [0.3, 0.4) is 0 Å².